The number of Topliss-reactive ketones (excluding diaryl/α,β-unsaturated/α-hetero) is 1. The number of hydrogen-bond donors (Lipinski definition) is 2. The van der Waals surface area contributed by atoms with E-state index in [2.05, 4.69) is 20.7 Å². The second-order valence-electron chi connectivity index (χ2n) is 7.56. The number of rotatable bonds is 10. The lowest BCUT2D eigenvalue weighted by atomic mass is 9.95. The maximum atomic E-state index is 13.0. The second-order valence-corrected chi connectivity index (χ2v) is 8.00. The molecule has 1 aliphatic carbocycles. The Balaban J connectivity index is 1.74. The molecule has 8 nitrogen and oxygen atoms in total. The van der Waals surface area contributed by atoms with E-state index in [9.17, 15) is 4.79 Å². The minimum atomic E-state index is -0.471. The van der Waals surface area contributed by atoms with Gasteiger partial charge in [-0.3, -0.25) is 9.48 Å². The normalized spacial score (nSPS) is 15.6. The minimum Gasteiger partial charge on any atom is -0.380 e. The third kappa shape index (κ3) is 4.71. The van der Waals surface area contributed by atoms with Crippen LogP contribution in [0.5, 0.6) is 0 Å². The van der Waals surface area contributed by atoms with Gasteiger partial charge >= 0.3 is 0 Å². The highest BCUT2D eigenvalue weighted by atomic mass is 35.5. The number of benzene rings is 1. The molecular weight excluding hydrogens is 416 g/mol. The zero-order chi connectivity index (χ0) is 21.8. The van der Waals surface area contributed by atoms with Gasteiger partial charge in [0.2, 0.25) is 5.95 Å². The van der Waals surface area contributed by atoms with Gasteiger partial charge < -0.3 is 15.4 Å². The lowest BCUT2D eigenvalue weighted by Crippen LogP contribution is -2.16. The summed E-state index contributed by atoms with van der Waals surface area (Å²) in [6, 6.07) is 5.63. The molecule has 1 atom stereocenters. The van der Waals surface area contributed by atoms with Gasteiger partial charge in [0.1, 0.15) is 0 Å². The van der Waals surface area contributed by atoms with Gasteiger partial charge in [-0.2, -0.15) is 10.1 Å². The molecule has 4 rings (SSSR count). The van der Waals surface area contributed by atoms with Gasteiger partial charge in [-0.1, -0.05) is 17.7 Å². The van der Waals surface area contributed by atoms with E-state index in [-0.39, 0.29) is 5.78 Å². The van der Waals surface area contributed by atoms with Crippen molar-refractivity contribution in [3.63, 3.8) is 0 Å². The van der Waals surface area contributed by atoms with E-state index in [1.54, 1.807) is 0 Å². The van der Waals surface area contributed by atoms with Crippen molar-refractivity contribution >= 4 is 34.4 Å². The van der Waals surface area contributed by atoms with Gasteiger partial charge in [-0.25, -0.2) is 4.98 Å². The summed E-state index contributed by atoms with van der Waals surface area (Å²) in [5.74, 6) is 0.124. The summed E-state index contributed by atoms with van der Waals surface area (Å²) in [6.45, 7) is 5.39. The van der Waals surface area contributed by atoms with Gasteiger partial charge in [-0.15, -0.1) is 0 Å². The fourth-order valence-corrected chi connectivity index (χ4v) is 4.09. The third-order valence-electron chi connectivity index (χ3n) is 5.39. The van der Waals surface area contributed by atoms with E-state index >= 15 is 0 Å². The molecular formula is C22H27ClN6O2. The largest absolute Gasteiger partial charge is 0.380 e. The lowest BCUT2D eigenvalue weighted by molar-refractivity contribution is -0.118. The van der Waals surface area contributed by atoms with Crippen molar-refractivity contribution in [2.75, 3.05) is 38.7 Å². The van der Waals surface area contributed by atoms with Crippen LogP contribution in [0.2, 0.25) is 5.02 Å². The van der Waals surface area contributed by atoms with Gasteiger partial charge in [0.05, 0.1) is 30.1 Å². The molecule has 0 bridgehead atoms. The average Bonchev–Trinajstić information content (AvgIpc) is 3.30. The van der Waals surface area contributed by atoms with E-state index < -0.39 is 5.92 Å². The number of halogens is 1. The van der Waals surface area contributed by atoms with E-state index in [1.807, 2.05) is 43.0 Å². The first-order valence-electron chi connectivity index (χ1n) is 10.6. The van der Waals surface area contributed by atoms with Crippen LogP contribution in [0.15, 0.2) is 24.4 Å². The smallest absolute Gasteiger partial charge is 0.225 e. The Kier molecular flexibility index (Phi) is 6.80. The molecule has 0 spiro atoms. The molecule has 2 heterocycles. The molecule has 3 aromatic rings. The first kappa shape index (κ1) is 21.7. The van der Waals surface area contributed by atoms with Crippen molar-refractivity contribution in [3.8, 4) is 0 Å². The number of hydrogen-bond acceptors (Lipinski definition) is 7. The number of aromatic nitrogens is 4. The topological polar surface area (TPSA) is 94.0 Å². The summed E-state index contributed by atoms with van der Waals surface area (Å²) in [7, 11) is 1.92. The Bertz CT molecular complexity index is 1080. The summed E-state index contributed by atoms with van der Waals surface area (Å²) in [5, 5.41) is 12.4. The fourth-order valence-electron chi connectivity index (χ4n) is 3.91. The fraction of sp³-hybridized carbons (Fsp3) is 0.455. The summed E-state index contributed by atoms with van der Waals surface area (Å²) < 4.78 is 7.26. The van der Waals surface area contributed by atoms with Crippen molar-refractivity contribution in [3.05, 3.63) is 46.2 Å². The number of fused-ring (bicyclic) bond motifs is 2. The van der Waals surface area contributed by atoms with Crippen molar-refractivity contribution < 1.29 is 9.53 Å². The Morgan fingerprint density at radius 1 is 1.29 bits per heavy atom. The van der Waals surface area contributed by atoms with Crippen molar-refractivity contribution in [2.24, 2.45) is 0 Å². The minimum absolute atomic E-state index is 0.112. The van der Waals surface area contributed by atoms with Crippen molar-refractivity contribution in [1.29, 1.82) is 0 Å². The molecule has 2 aromatic heterocycles. The van der Waals surface area contributed by atoms with E-state index in [4.69, 9.17) is 21.3 Å². The molecule has 9 heteroatoms. The molecule has 1 aromatic carbocycles. The highest BCUT2D eigenvalue weighted by molar-refractivity contribution is 6.30. The van der Waals surface area contributed by atoms with Crippen LogP contribution in [0.1, 0.15) is 36.1 Å². The first-order chi connectivity index (χ1) is 15.1. The number of nitrogens with one attached hydrogen (secondary N) is 2. The van der Waals surface area contributed by atoms with Crippen LogP contribution in [0, 0.1) is 0 Å². The number of ether oxygens (including phenoxy) is 1. The molecule has 0 radical (unpaired) electrons. The van der Waals surface area contributed by atoms with Gasteiger partial charge in [-0.05, 0) is 50.2 Å². The van der Waals surface area contributed by atoms with Gasteiger partial charge in [0, 0.05) is 30.8 Å². The maximum Gasteiger partial charge on any atom is 0.225 e. The van der Waals surface area contributed by atoms with Crippen LogP contribution in [-0.4, -0.2) is 58.9 Å². The maximum absolute atomic E-state index is 13.0. The SMILES string of the molecule is CCOCCn1cc2c(C3C(=O)Cc4ccc(Cl)cc43)nc(NCCCNC)nc2n1. The average molecular weight is 443 g/mol. The summed E-state index contributed by atoms with van der Waals surface area (Å²) in [4.78, 5) is 22.4. The Labute approximate surface area is 186 Å². The van der Waals surface area contributed by atoms with E-state index in [0.29, 0.717) is 48.5 Å². The number of anilines is 1. The quantitative estimate of drug-likeness (QED) is 0.466. The first-order valence-corrected chi connectivity index (χ1v) is 11.0. The van der Waals surface area contributed by atoms with Crippen LogP contribution in [0.3, 0.4) is 0 Å². The van der Waals surface area contributed by atoms with Crippen LogP contribution in [0.4, 0.5) is 5.95 Å². The van der Waals surface area contributed by atoms with Gasteiger partial charge in [0.25, 0.3) is 0 Å². The molecule has 0 saturated heterocycles. The van der Waals surface area contributed by atoms with Crippen LogP contribution in [0.25, 0.3) is 11.0 Å². The summed E-state index contributed by atoms with van der Waals surface area (Å²) >= 11 is 6.25. The molecule has 1 aliphatic rings. The Hall–Kier alpha value is -2.55. The zero-order valence-electron chi connectivity index (χ0n) is 17.8. The predicted octanol–water partition coefficient (Wildman–Crippen LogP) is 2.79. The Morgan fingerprint density at radius 2 is 2.16 bits per heavy atom. The molecule has 164 valence electrons. The molecule has 2 N–H and O–H groups in total. The summed E-state index contributed by atoms with van der Waals surface area (Å²) in [6.07, 6.45) is 3.22. The van der Waals surface area contributed by atoms with Crippen LogP contribution >= 0.6 is 11.6 Å². The Morgan fingerprint density at radius 3 is 2.97 bits per heavy atom. The standard InChI is InChI=1S/C22H27ClN6O2/c1-3-31-10-9-29-13-17-20(19-16-12-15(23)6-5-14(16)11-18(19)30)26-22(27-21(17)28-29)25-8-4-7-24-2/h5-6,12-13,19,24H,3-4,7-11H2,1-2H3,(H,25,27,28). The van der Waals surface area contributed by atoms with Crippen molar-refractivity contribution in [1.82, 2.24) is 25.1 Å². The molecule has 0 amide bonds. The monoisotopic (exact) mass is 442 g/mol. The molecule has 0 fully saturated rings. The predicted molar refractivity (Wildman–Crippen MR) is 121 cm³/mol. The van der Waals surface area contributed by atoms with Gasteiger partial charge in [0.15, 0.2) is 11.4 Å². The molecule has 0 aliphatic heterocycles. The van der Waals surface area contributed by atoms with E-state index in [0.717, 1.165) is 36.0 Å². The highest BCUT2D eigenvalue weighted by Gasteiger charge is 2.35. The molecule has 0 saturated carbocycles. The lowest BCUT2D eigenvalue weighted by Gasteiger charge is -2.13. The van der Waals surface area contributed by atoms with Crippen molar-refractivity contribution in [2.45, 2.75) is 32.2 Å². The molecule has 1 unspecified atom stereocenters. The van der Waals surface area contributed by atoms with Crippen LogP contribution in [-0.2, 0) is 22.5 Å². The molecule has 31 heavy (non-hydrogen) atoms. The highest BCUT2D eigenvalue weighted by Crippen LogP contribution is 2.39. The second kappa shape index (κ2) is 9.72. The van der Waals surface area contributed by atoms with Crippen LogP contribution < -0.4 is 10.6 Å². The zero-order valence-corrected chi connectivity index (χ0v) is 18.6. The summed E-state index contributed by atoms with van der Waals surface area (Å²) in [5.41, 5.74) is 3.16. The number of nitrogens with zero attached hydrogens (tertiary/aromatic N) is 4. The number of carbonyl (C=O) groups excluding carboxylic acids is 1. The third-order valence-corrected chi connectivity index (χ3v) is 5.63. The number of carbonyl (C=O) groups is 1. The van der Waals surface area contributed by atoms with E-state index in [1.165, 1.54) is 0 Å². The number of ketones is 1.